The van der Waals surface area contributed by atoms with Crippen LogP contribution in [0.25, 0.3) is 22.0 Å². The van der Waals surface area contributed by atoms with E-state index in [4.69, 9.17) is 23.9 Å². The van der Waals surface area contributed by atoms with Gasteiger partial charge in [0.15, 0.2) is 23.0 Å². The third-order valence-electron chi connectivity index (χ3n) is 5.89. The number of hydrogen-bond donors (Lipinski definition) is 1. The van der Waals surface area contributed by atoms with E-state index < -0.39 is 5.97 Å². The second-order valence-corrected chi connectivity index (χ2v) is 7.73. The number of fused-ring (bicyclic) bond motifs is 1. The number of methoxy groups -OCH3 is 4. The van der Waals surface area contributed by atoms with Gasteiger partial charge in [-0.15, -0.1) is 0 Å². The fourth-order valence-electron chi connectivity index (χ4n) is 4.24. The smallest absolute Gasteiger partial charge is 0.338 e. The average molecular weight is 478 g/mol. The van der Waals surface area contributed by atoms with E-state index in [1.54, 1.807) is 50.7 Å². The van der Waals surface area contributed by atoms with Gasteiger partial charge in [0.05, 0.1) is 51.8 Å². The Kier molecular flexibility index (Phi) is 6.77. The van der Waals surface area contributed by atoms with Crippen LogP contribution in [0, 0.1) is 0 Å². The van der Waals surface area contributed by atoms with Crippen molar-refractivity contribution in [3.05, 3.63) is 59.8 Å². The molecule has 0 spiro atoms. The molecule has 9 heteroatoms. The van der Waals surface area contributed by atoms with Crippen molar-refractivity contribution < 1.29 is 28.8 Å². The highest BCUT2D eigenvalue weighted by Gasteiger charge is 2.25. The molecule has 0 bridgehead atoms. The van der Waals surface area contributed by atoms with Crippen LogP contribution in [0.1, 0.15) is 28.8 Å². The normalized spacial score (nSPS) is 10.9. The fourth-order valence-corrected chi connectivity index (χ4v) is 4.24. The van der Waals surface area contributed by atoms with Gasteiger partial charge >= 0.3 is 5.97 Å². The minimum atomic E-state index is -1.09. The summed E-state index contributed by atoms with van der Waals surface area (Å²) in [6.07, 6.45) is 4.22. The summed E-state index contributed by atoms with van der Waals surface area (Å²) in [5, 5.41) is 11.0. The van der Waals surface area contributed by atoms with Crippen LogP contribution in [0.3, 0.4) is 0 Å². The number of aromatic nitrogens is 3. The first-order valence-corrected chi connectivity index (χ1v) is 11.0. The predicted molar refractivity (Wildman–Crippen MR) is 131 cm³/mol. The Hall–Kier alpha value is -4.27. The Morgan fingerprint density at radius 1 is 0.943 bits per heavy atom. The van der Waals surface area contributed by atoms with Crippen LogP contribution in [0.5, 0.6) is 23.0 Å². The Bertz CT molecular complexity index is 1400. The van der Waals surface area contributed by atoms with Crippen molar-refractivity contribution in [1.82, 2.24) is 14.5 Å². The number of imidazole rings is 1. The van der Waals surface area contributed by atoms with Crippen LogP contribution in [0.2, 0.25) is 0 Å². The van der Waals surface area contributed by atoms with Crippen molar-refractivity contribution in [2.45, 2.75) is 19.9 Å². The molecule has 2 aromatic carbocycles. The first-order valence-electron chi connectivity index (χ1n) is 11.0. The summed E-state index contributed by atoms with van der Waals surface area (Å²) in [4.78, 5) is 21.9. The molecular weight excluding hydrogens is 450 g/mol. The van der Waals surface area contributed by atoms with Gasteiger partial charge in [0.1, 0.15) is 5.82 Å². The minimum absolute atomic E-state index is 0.0905. The summed E-state index contributed by atoms with van der Waals surface area (Å²) in [6.45, 7) is 2.24. The average Bonchev–Trinajstić information content (AvgIpc) is 3.33. The lowest BCUT2D eigenvalue weighted by Crippen LogP contribution is -2.13. The lowest BCUT2D eigenvalue weighted by Gasteiger charge is -2.18. The van der Waals surface area contributed by atoms with E-state index in [9.17, 15) is 9.90 Å². The lowest BCUT2D eigenvalue weighted by molar-refractivity contribution is 0.0696. The molecule has 182 valence electrons. The number of carboxylic acids is 1. The molecule has 1 N–H and O–H groups in total. The molecule has 4 rings (SSSR count). The molecule has 0 atom stereocenters. The van der Waals surface area contributed by atoms with Gasteiger partial charge in [-0.05, 0) is 23.8 Å². The van der Waals surface area contributed by atoms with Crippen molar-refractivity contribution in [2.24, 2.45) is 0 Å². The van der Waals surface area contributed by atoms with Gasteiger partial charge in [0.25, 0.3) is 0 Å². The highest BCUT2D eigenvalue weighted by molar-refractivity contribution is 6.08. The molecule has 0 radical (unpaired) electrons. The molecule has 4 aromatic rings. The summed E-state index contributed by atoms with van der Waals surface area (Å²) < 4.78 is 23.8. The molecule has 9 nitrogen and oxygen atoms in total. The second-order valence-electron chi connectivity index (χ2n) is 7.73. The van der Waals surface area contributed by atoms with E-state index >= 15 is 0 Å². The highest BCUT2D eigenvalue weighted by atomic mass is 16.5. The molecule has 0 fully saturated rings. The van der Waals surface area contributed by atoms with E-state index in [1.165, 1.54) is 14.2 Å². The largest absolute Gasteiger partial charge is 0.493 e. The molecule has 0 unspecified atom stereocenters. The summed E-state index contributed by atoms with van der Waals surface area (Å²) in [5.41, 5.74) is 2.20. The monoisotopic (exact) mass is 477 g/mol. The standard InChI is InChI=1S/C26H27N3O6/c1-6-23-27-9-10-29(23)14-18-25(26(30)31)24(15-7-8-19(32-2)20(11-15)33-3)16-12-21(34-4)22(35-5)13-17(16)28-18/h7-13H,6,14H2,1-5H3,(H,30,31). The fraction of sp³-hybridized carbons (Fsp3) is 0.269. The summed E-state index contributed by atoms with van der Waals surface area (Å²) in [7, 11) is 6.16. The van der Waals surface area contributed by atoms with Crippen molar-refractivity contribution in [1.29, 1.82) is 0 Å². The van der Waals surface area contributed by atoms with Crippen molar-refractivity contribution in [2.75, 3.05) is 28.4 Å². The first kappa shape index (κ1) is 23.9. The second kappa shape index (κ2) is 9.92. The lowest BCUT2D eigenvalue weighted by atomic mass is 9.93. The third kappa shape index (κ3) is 4.32. The number of carboxylic acid groups (broad SMARTS) is 1. The van der Waals surface area contributed by atoms with Gasteiger partial charge in [-0.3, -0.25) is 0 Å². The quantitative estimate of drug-likeness (QED) is 0.377. The molecular formula is C26H27N3O6. The summed E-state index contributed by atoms with van der Waals surface area (Å²) >= 11 is 0. The zero-order valence-corrected chi connectivity index (χ0v) is 20.3. The van der Waals surface area contributed by atoms with Gasteiger partial charge in [0.2, 0.25) is 0 Å². The molecule has 0 aliphatic rings. The van der Waals surface area contributed by atoms with Gasteiger partial charge in [-0.25, -0.2) is 14.8 Å². The van der Waals surface area contributed by atoms with Crippen molar-refractivity contribution in [3.8, 4) is 34.1 Å². The third-order valence-corrected chi connectivity index (χ3v) is 5.89. The molecule has 0 saturated carbocycles. The van der Waals surface area contributed by atoms with E-state index in [0.29, 0.717) is 57.1 Å². The highest BCUT2D eigenvalue weighted by Crippen LogP contribution is 2.41. The number of pyridine rings is 1. The van der Waals surface area contributed by atoms with E-state index in [1.807, 2.05) is 17.7 Å². The molecule has 0 aliphatic carbocycles. The zero-order chi connectivity index (χ0) is 25.1. The van der Waals surface area contributed by atoms with Crippen LogP contribution in [-0.2, 0) is 13.0 Å². The Labute approximate surface area is 202 Å². The van der Waals surface area contributed by atoms with E-state index in [0.717, 1.165) is 5.82 Å². The topological polar surface area (TPSA) is 105 Å². The van der Waals surface area contributed by atoms with Gasteiger partial charge in [-0.1, -0.05) is 13.0 Å². The van der Waals surface area contributed by atoms with Crippen LogP contribution in [-0.4, -0.2) is 54.1 Å². The number of ether oxygens (including phenoxy) is 4. The van der Waals surface area contributed by atoms with E-state index in [2.05, 4.69) is 4.98 Å². The number of aromatic carboxylic acids is 1. The first-order chi connectivity index (χ1) is 16.9. The van der Waals surface area contributed by atoms with Crippen LogP contribution < -0.4 is 18.9 Å². The molecule has 35 heavy (non-hydrogen) atoms. The van der Waals surface area contributed by atoms with Gasteiger partial charge < -0.3 is 28.6 Å². The van der Waals surface area contributed by atoms with Crippen LogP contribution in [0.15, 0.2) is 42.7 Å². The van der Waals surface area contributed by atoms with Crippen LogP contribution in [0.4, 0.5) is 0 Å². The SMILES string of the molecule is CCc1nccn1Cc1nc2cc(OC)c(OC)cc2c(-c2ccc(OC)c(OC)c2)c1C(=O)O. The molecule has 2 aromatic heterocycles. The maximum atomic E-state index is 12.7. The zero-order valence-electron chi connectivity index (χ0n) is 20.3. The minimum Gasteiger partial charge on any atom is -0.493 e. The van der Waals surface area contributed by atoms with Crippen molar-refractivity contribution >= 4 is 16.9 Å². The molecule has 0 aliphatic heterocycles. The number of aryl methyl sites for hydroxylation is 1. The maximum absolute atomic E-state index is 12.7. The number of rotatable bonds is 9. The van der Waals surface area contributed by atoms with Gasteiger partial charge in [0, 0.05) is 35.8 Å². The summed E-state index contributed by atoms with van der Waals surface area (Å²) in [6, 6.07) is 8.81. The Morgan fingerprint density at radius 3 is 2.23 bits per heavy atom. The van der Waals surface area contributed by atoms with E-state index in [-0.39, 0.29) is 12.1 Å². The number of hydrogen-bond acceptors (Lipinski definition) is 7. The summed E-state index contributed by atoms with van der Waals surface area (Å²) in [5.74, 6) is 1.73. The number of carbonyl (C=O) groups is 1. The predicted octanol–water partition coefficient (Wildman–Crippen LogP) is 4.44. The van der Waals surface area contributed by atoms with Gasteiger partial charge in [-0.2, -0.15) is 0 Å². The molecule has 2 heterocycles. The molecule has 0 amide bonds. The Morgan fingerprint density at radius 2 is 1.60 bits per heavy atom. The van der Waals surface area contributed by atoms with Crippen LogP contribution >= 0.6 is 0 Å². The maximum Gasteiger partial charge on any atom is 0.338 e. The van der Waals surface area contributed by atoms with Crippen molar-refractivity contribution in [3.63, 3.8) is 0 Å². The molecule has 0 saturated heterocycles. The number of benzene rings is 2. The Balaban J connectivity index is 2.09. The number of nitrogens with zero attached hydrogens (tertiary/aromatic N) is 3.